The van der Waals surface area contributed by atoms with E-state index in [1.807, 2.05) is 24.3 Å². The van der Waals surface area contributed by atoms with Gasteiger partial charge >= 0.3 is 0 Å². The highest BCUT2D eigenvalue weighted by Crippen LogP contribution is 2.36. The van der Waals surface area contributed by atoms with E-state index in [0.717, 1.165) is 17.2 Å². The second-order valence-corrected chi connectivity index (χ2v) is 4.70. The van der Waals surface area contributed by atoms with Crippen LogP contribution >= 0.6 is 24.0 Å². The van der Waals surface area contributed by atoms with Gasteiger partial charge in [-0.05, 0) is 18.4 Å². The average Bonchev–Trinajstić information content (AvgIpc) is 3.10. The summed E-state index contributed by atoms with van der Waals surface area (Å²) >= 11 is 0. The Bertz CT molecular complexity index is 436. The lowest BCUT2D eigenvalue weighted by Gasteiger charge is -2.10. The topological polar surface area (TPSA) is 59.6 Å². The predicted octanol–water partition coefficient (Wildman–Crippen LogP) is 2.98. The maximum absolute atomic E-state index is 5.93. The van der Waals surface area contributed by atoms with Crippen molar-refractivity contribution in [1.82, 2.24) is 0 Å². The molecular weight excluding hydrogens is 353 g/mol. The molecule has 0 saturated heterocycles. The lowest BCUT2D eigenvalue weighted by molar-refractivity contribution is 0.185. The second-order valence-electron chi connectivity index (χ2n) is 4.70. The van der Waals surface area contributed by atoms with Crippen molar-refractivity contribution in [3.05, 3.63) is 29.8 Å². The Morgan fingerprint density at radius 1 is 1.47 bits per heavy atom. The van der Waals surface area contributed by atoms with Crippen molar-refractivity contribution in [3.63, 3.8) is 0 Å². The molecule has 0 unspecified atom stereocenters. The van der Waals surface area contributed by atoms with Crippen LogP contribution in [0.15, 0.2) is 29.3 Å². The summed E-state index contributed by atoms with van der Waals surface area (Å²) in [6.45, 7) is 2.76. The summed E-state index contributed by atoms with van der Waals surface area (Å²) in [5, 5.41) is 3.16. The maximum Gasteiger partial charge on any atom is 0.193 e. The molecule has 0 bridgehead atoms. The van der Waals surface area contributed by atoms with Gasteiger partial charge < -0.3 is 15.8 Å². The van der Waals surface area contributed by atoms with E-state index in [2.05, 4.69) is 17.2 Å². The molecular formula is C14H22IN3O. The number of benzene rings is 1. The van der Waals surface area contributed by atoms with Gasteiger partial charge in [-0.1, -0.05) is 31.5 Å². The zero-order chi connectivity index (χ0) is 13.0. The minimum atomic E-state index is 0. The number of nitrogens with one attached hydrogen (secondary N) is 1. The molecule has 1 saturated carbocycles. The Kier molecular flexibility index (Phi) is 6.57. The normalized spacial score (nSPS) is 21.7. The first-order valence-corrected chi connectivity index (χ1v) is 6.41. The fourth-order valence-electron chi connectivity index (χ4n) is 2.10. The molecule has 1 aliphatic carbocycles. The molecule has 1 aromatic rings. The summed E-state index contributed by atoms with van der Waals surface area (Å²) in [5.41, 5.74) is 7.98. The van der Waals surface area contributed by atoms with Crippen molar-refractivity contribution in [3.8, 4) is 0 Å². The third kappa shape index (κ3) is 4.65. The highest BCUT2D eigenvalue weighted by molar-refractivity contribution is 14.0. The standard InChI is InChI=1S/C14H21N3O.HI/c1-3-10-8-13(10)17-14(15)16-12-7-5-4-6-11(12)9-18-2;/h4-7,10,13H,3,8-9H2,1-2H3,(H3,15,16,17);1H/t10-,13-;/m1./s1. The Balaban J connectivity index is 0.00000180. The summed E-state index contributed by atoms with van der Waals surface area (Å²) in [4.78, 5) is 4.48. The van der Waals surface area contributed by atoms with Gasteiger partial charge in [0, 0.05) is 18.4 Å². The van der Waals surface area contributed by atoms with Crippen LogP contribution < -0.4 is 11.1 Å². The van der Waals surface area contributed by atoms with Gasteiger partial charge in [0.1, 0.15) is 0 Å². The van der Waals surface area contributed by atoms with Crippen molar-refractivity contribution in [2.75, 3.05) is 12.4 Å². The Labute approximate surface area is 131 Å². The van der Waals surface area contributed by atoms with Crippen LogP contribution in [0.2, 0.25) is 0 Å². The van der Waals surface area contributed by atoms with Gasteiger partial charge in [0.05, 0.1) is 12.6 Å². The van der Waals surface area contributed by atoms with E-state index in [1.165, 1.54) is 12.8 Å². The number of halogens is 1. The van der Waals surface area contributed by atoms with Crippen molar-refractivity contribution >= 4 is 35.6 Å². The molecule has 3 N–H and O–H groups in total. The third-order valence-electron chi connectivity index (χ3n) is 3.29. The van der Waals surface area contributed by atoms with E-state index in [-0.39, 0.29) is 24.0 Å². The fraction of sp³-hybridized carbons (Fsp3) is 0.500. The molecule has 0 radical (unpaired) electrons. The number of methoxy groups -OCH3 is 1. The smallest absolute Gasteiger partial charge is 0.193 e. The van der Waals surface area contributed by atoms with E-state index >= 15 is 0 Å². The van der Waals surface area contributed by atoms with Gasteiger partial charge in [-0.25, -0.2) is 4.99 Å². The van der Waals surface area contributed by atoms with E-state index in [4.69, 9.17) is 10.5 Å². The zero-order valence-corrected chi connectivity index (χ0v) is 13.8. The molecule has 1 aliphatic rings. The summed E-state index contributed by atoms with van der Waals surface area (Å²) in [6, 6.07) is 8.38. The SMILES string of the molecule is CC[C@@H]1C[C@H]1N=C(N)Nc1ccccc1COC.I. The molecule has 1 aromatic carbocycles. The Hall–Kier alpha value is -0.820. The van der Waals surface area contributed by atoms with Crippen LogP contribution in [0.25, 0.3) is 0 Å². The third-order valence-corrected chi connectivity index (χ3v) is 3.29. The van der Waals surface area contributed by atoms with Crippen LogP contribution in [0.1, 0.15) is 25.3 Å². The number of ether oxygens (including phenoxy) is 1. The number of para-hydroxylation sites is 1. The Morgan fingerprint density at radius 2 is 2.21 bits per heavy atom. The summed E-state index contributed by atoms with van der Waals surface area (Å²) in [5.74, 6) is 1.22. The highest BCUT2D eigenvalue weighted by atomic mass is 127. The predicted molar refractivity (Wildman–Crippen MR) is 90.0 cm³/mol. The maximum atomic E-state index is 5.93. The highest BCUT2D eigenvalue weighted by Gasteiger charge is 2.35. The van der Waals surface area contributed by atoms with Crippen LogP contribution in [0.3, 0.4) is 0 Å². The van der Waals surface area contributed by atoms with Gasteiger partial charge in [0.25, 0.3) is 0 Å². The molecule has 4 nitrogen and oxygen atoms in total. The molecule has 0 aliphatic heterocycles. The van der Waals surface area contributed by atoms with E-state index in [1.54, 1.807) is 7.11 Å². The van der Waals surface area contributed by atoms with Crippen molar-refractivity contribution in [2.45, 2.75) is 32.4 Å². The molecule has 0 spiro atoms. The lowest BCUT2D eigenvalue weighted by atomic mass is 10.2. The molecule has 0 heterocycles. The second kappa shape index (κ2) is 7.69. The first-order chi connectivity index (χ1) is 8.74. The molecule has 1 fully saturated rings. The molecule has 0 amide bonds. The minimum absolute atomic E-state index is 0. The molecule has 5 heteroatoms. The van der Waals surface area contributed by atoms with Crippen molar-refractivity contribution < 1.29 is 4.74 Å². The van der Waals surface area contributed by atoms with E-state index < -0.39 is 0 Å². The number of hydrogen-bond acceptors (Lipinski definition) is 2. The van der Waals surface area contributed by atoms with Gasteiger partial charge in [0.2, 0.25) is 0 Å². The van der Waals surface area contributed by atoms with Crippen LogP contribution in [0.5, 0.6) is 0 Å². The largest absolute Gasteiger partial charge is 0.380 e. The van der Waals surface area contributed by atoms with Crippen LogP contribution in [0, 0.1) is 5.92 Å². The summed E-state index contributed by atoms with van der Waals surface area (Å²) < 4.78 is 5.16. The van der Waals surface area contributed by atoms with Crippen molar-refractivity contribution in [2.24, 2.45) is 16.6 Å². The van der Waals surface area contributed by atoms with Crippen LogP contribution in [-0.4, -0.2) is 19.1 Å². The van der Waals surface area contributed by atoms with Gasteiger partial charge in [-0.3, -0.25) is 0 Å². The van der Waals surface area contributed by atoms with Crippen LogP contribution in [-0.2, 0) is 11.3 Å². The fourth-order valence-corrected chi connectivity index (χ4v) is 2.10. The number of hydrogen-bond donors (Lipinski definition) is 2. The minimum Gasteiger partial charge on any atom is -0.380 e. The monoisotopic (exact) mass is 375 g/mol. The van der Waals surface area contributed by atoms with Gasteiger partial charge in [-0.15, -0.1) is 24.0 Å². The number of aliphatic imine (C=N–C) groups is 1. The first-order valence-electron chi connectivity index (χ1n) is 6.41. The van der Waals surface area contributed by atoms with E-state index in [9.17, 15) is 0 Å². The van der Waals surface area contributed by atoms with Crippen LogP contribution in [0.4, 0.5) is 5.69 Å². The van der Waals surface area contributed by atoms with E-state index in [0.29, 0.717) is 18.6 Å². The van der Waals surface area contributed by atoms with Gasteiger partial charge in [0.15, 0.2) is 5.96 Å². The summed E-state index contributed by atoms with van der Waals surface area (Å²) in [6.07, 6.45) is 2.35. The average molecular weight is 375 g/mol. The van der Waals surface area contributed by atoms with Crippen molar-refractivity contribution in [1.29, 1.82) is 0 Å². The number of nitrogens with zero attached hydrogens (tertiary/aromatic N) is 1. The lowest BCUT2D eigenvalue weighted by Crippen LogP contribution is -2.24. The number of rotatable bonds is 5. The van der Waals surface area contributed by atoms with Gasteiger partial charge in [-0.2, -0.15) is 0 Å². The quantitative estimate of drug-likeness (QED) is 0.473. The Morgan fingerprint density at radius 3 is 2.84 bits per heavy atom. The number of anilines is 1. The molecule has 0 aromatic heterocycles. The first kappa shape index (κ1) is 16.2. The molecule has 19 heavy (non-hydrogen) atoms. The summed E-state index contributed by atoms with van der Waals surface area (Å²) in [7, 11) is 1.68. The zero-order valence-electron chi connectivity index (χ0n) is 11.4. The molecule has 106 valence electrons. The molecule has 2 rings (SSSR count). The number of nitrogens with two attached hydrogens (primary N) is 1. The number of guanidine groups is 1. The molecule has 2 atom stereocenters.